The molecule has 3 saturated carbocycles. The molecule has 1 amide bonds. The zero-order valence-electron chi connectivity index (χ0n) is 24.9. The lowest BCUT2D eigenvalue weighted by molar-refractivity contribution is -0.207. The number of fused-ring (bicyclic) bond motifs is 1. The van der Waals surface area contributed by atoms with E-state index in [4.69, 9.17) is 9.47 Å². The molecule has 0 aromatic heterocycles. The van der Waals surface area contributed by atoms with Crippen molar-refractivity contribution in [1.82, 2.24) is 4.92 Å². The van der Waals surface area contributed by atoms with Crippen LogP contribution in [0.15, 0.2) is 29.9 Å². The molecule has 0 radical (unpaired) electrons. The number of ketones is 1. The fraction of sp³-hybridized carbons (Fsp3) is 0.613. The van der Waals surface area contributed by atoms with Crippen LogP contribution in [0, 0.1) is 39.8 Å². The maximum absolute atomic E-state index is 15.4. The first-order valence-corrected chi connectivity index (χ1v) is 14.7. The monoisotopic (exact) mass is 582 g/mol. The molecule has 5 rings (SSSR count). The van der Waals surface area contributed by atoms with Crippen LogP contribution in [0.25, 0.3) is 0 Å². The Labute approximate surface area is 246 Å². The number of carbonyl (C=O) groups is 3. The van der Waals surface area contributed by atoms with Gasteiger partial charge in [-0.2, -0.15) is 5.10 Å². The predicted molar refractivity (Wildman–Crippen MR) is 154 cm³/mol. The van der Waals surface area contributed by atoms with Crippen molar-refractivity contribution in [2.24, 2.45) is 39.1 Å². The first kappa shape index (κ1) is 30.4. The van der Waals surface area contributed by atoms with Gasteiger partial charge in [0.1, 0.15) is 11.9 Å². The number of amides is 1. The standard InChI is InChI=1S/C31H40BFN2O7/c1-7-29(5)14-23(30(6)17(2)10-12-31(18(3)28(29)39)13-11-21(37)27(30)31)42-24(38)16-41-22-9-8-20-15-34-35(19(4)36)32(40)25(20)26(22)33/h7-9,15,17-18,23,27-28,39-40H,1,10-14,16H2,2-6H3/t17-,18+,23-,27+,28+,29-,30+,31+/m1/s1. The quantitative estimate of drug-likeness (QED) is 0.311. The Balaban J connectivity index is 1.42. The average Bonchev–Trinajstić information content (AvgIpc) is 3.30. The summed E-state index contributed by atoms with van der Waals surface area (Å²) >= 11 is 0. The van der Waals surface area contributed by atoms with Crippen molar-refractivity contribution >= 4 is 36.4 Å². The van der Waals surface area contributed by atoms with E-state index in [-0.39, 0.29) is 46.7 Å². The number of esters is 1. The van der Waals surface area contributed by atoms with Gasteiger partial charge in [-0.15, -0.1) is 6.58 Å². The minimum Gasteiger partial charge on any atom is -0.479 e. The molecular weight excluding hydrogens is 542 g/mol. The fourth-order valence-corrected chi connectivity index (χ4v) is 8.47. The molecule has 8 atom stereocenters. The van der Waals surface area contributed by atoms with Crippen molar-refractivity contribution < 1.29 is 38.4 Å². The molecular formula is C31H40BFN2O7. The van der Waals surface area contributed by atoms with Crippen LogP contribution >= 0.6 is 0 Å². The number of nitrogens with zero attached hydrogens (tertiary/aromatic N) is 2. The van der Waals surface area contributed by atoms with Crippen LogP contribution in [0.1, 0.15) is 72.3 Å². The largest absolute Gasteiger partial charge is 0.479 e. The van der Waals surface area contributed by atoms with Crippen LogP contribution in [-0.4, -0.2) is 64.8 Å². The molecule has 11 heteroatoms. The number of hydrazone groups is 1. The van der Waals surface area contributed by atoms with Gasteiger partial charge in [-0.3, -0.25) is 9.59 Å². The molecule has 2 bridgehead atoms. The summed E-state index contributed by atoms with van der Waals surface area (Å²) in [5.41, 5.74) is -1.76. The van der Waals surface area contributed by atoms with Crippen molar-refractivity contribution in [3.8, 4) is 5.75 Å². The summed E-state index contributed by atoms with van der Waals surface area (Å²) in [5.74, 6) is -2.80. The molecule has 42 heavy (non-hydrogen) atoms. The Hall–Kier alpha value is -3.05. The Kier molecular flexibility index (Phi) is 7.67. The minimum atomic E-state index is -1.64. The van der Waals surface area contributed by atoms with Crippen molar-refractivity contribution in [2.75, 3.05) is 6.61 Å². The van der Waals surface area contributed by atoms with E-state index in [9.17, 15) is 24.5 Å². The molecule has 4 aliphatic rings. The zero-order valence-corrected chi connectivity index (χ0v) is 24.9. The molecule has 1 heterocycles. The van der Waals surface area contributed by atoms with Crippen LogP contribution in [0.4, 0.5) is 4.39 Å². The smallest absolute Gasteiger partial charge is 0.477 e. The molecule has 2 N–H and O–H groups in total. The maximum atomic E-state index is 15.4. The molecule has 0 saturated heterocycles. The van der Waals surface area contributed by atoms with E-state index in [1.165, 1.54) is 25.3 Å². The van der Waals surface area contributed by atoms with Crippen molar-refractivity contribution in [1.29, 1.82) is 0 Å². The zero-order chi connectivity index (χ0) is 30.8. The fourth-order valence-electron chi connectivity index (χ4n) is 8.47. The van der Waals surface area contributed by atoms with Gasteiger partial charge in [0.25, 0.3) is 0 Å². The highest BCUT2D eigenvalue weighted by Crippen LogP contribution is 2.68. The van der Waals surface area contributed by atoms with Gasteiger partial charge in [0.15, 0.2) is 18.2 Å². The van der Waals surface area contributed by atoms with E-state index in [2.05, 4.69) is 18.6 Å². The Morgan fingerprint density at radius 1 is 1.29 bits per heavy atom. The number of rotatable bonds is 5. The number of ether oxygens (including phenoxy) is 2. The van der Waals surface area contributed by atoms with E-state index in [0.717, 1.165) is 17.8 Å². The van der Waals surface area contributed by atoms with Gasteiger partial charge in [0.2, 0.25) is 5.91 Å². The predicted octanol–water partition coefficient (Wildman–Crippen LogP) is 2.99. The SMILES string of the molecule is C=C[C@]1(C)C[C@@H](OC(=O)COc2ccc3c(c2F)B(O)N(C(C)=O)N=C3)[C@]2(C)[C@H](C)CC[C@]3(CCC(=O)[C@H]32)[C@@H](C)[C@@H]1O. The second kappa shape index (κ2) is 10.6. The molecule has 226 valence electrons. The van der Waals surface area contributed by atoms with E-state index in [1.807, 2.05) is 20.8 Å². The van der Waals surface area contributed by atoms with E-state index in [0.29, 0.717) is 12.8 Å². The summed E-state index contributed by atoms with van der Waals surface area (Å²) in [6.45, 7) is 12.7. The second-order valence-electron chi connectivity index (χ2n) is 13.2. The Morgan fingerprint density at radius 3 is 2.67 bits per heavy atom. The summed E-state index contributed by atoms with van der Waals surface area (Å²) < 4.78 is 27.1. The van der Waals surface area contributed by atoms with Crippen LogP contribution in [0.5, 0.6) is 5.75 Å². The van der Waals surface area contributed by atoms with E-state index >= 15 is 4.39 Å². The number of carbonyl (C=O) groups excluding carboxylic acids is 3. The van der Waals surface area contributed by atoms with Crippen LogP contribution in [0.3, 0.4) is 0 Å². The summed E-state index contributed by atoms with van der Waals surface area (Å²) in [5, 5.41) is 26.0. The van der Waals surface area contributed by atoms with Crippen LogP contribution in [-0.2, 0) is 19.1 Å². The van der Waals surface area contributed by atoms with Crippen LogP contribution < -0.4 is 10.2 Å². The van der Waals surface area contributed by atoms with Gasteiger partial charge in [-0.05, 0) is 60.6 Å². The van der Waals surface area contributed by atoms with E-state index in [1.54, 1.807) is 6.08 Å². The normalized spacial score (nSPS) is 37.3. The molecule has 1 aromatic carbocycles. The molecule has 1 aliphatic heterocycles. The van der Waals surface area contributed by atoms with Gasteiger partial charge >= 0.3 is 13.0 Å². The molecule has 1 aromatic rings. The first-order chi connectivity index (χ1) is 19.7. The third-order valence-electron chi connectivity index (χ3n) is 11.2. The first-order valence-electron chi connectivity index (χ1n) is 14.7. The van der Waals surface area contributed by atoms with Gasteiger partial charge in [-0.25, -0.2) is 14.1 Å². The van der Waals surface area contributed by atoms with Crippen LogP contribution in [0.2, 0.25) is 0 Å². The summed E-state index contributed by atoms with van der Waals surface area (Å²) in [6.07, 6.45) is 4.56. The lowest BCUT2D eigenvalue weighted by Crippen LogP contribution is -2.63. The third-order valence-corrected chi connectivity index (χ3v) is 11.2. The van der Waals surface area contributed by atoms with E-state index < -0.39 is 59.8 Å². The number of hydrogen-bond acceptors (Lipinski definition) is 8. The minimum absolute atomic E-state index is 0.0679. The number of aliphatic hydroxyl groups is 1. The van der Waals surface area contributed by atoms with Gasteiger partial charge in [-0.1, -0.05) is 33.8 Å². The summed E-state index contributed by atoms with van der Waals surface area (Å²) in [6, 6.07) is 2.80. The number of aliphatic hydroxyl groups excluding tert-OH is 1. The second-order valence-corrected chi connectivity index (χ2v) is 13.2. The Bertz CT molecular complexity index is 1350. The molecule has 3 aliphatic carbocycles. The number of hydrogen-bond donors (Lipinski definition) is 2. The topological polar surface area (TPSA) is 126 Å². The van der Waals surface area contributed by atoms with Gasteiger partial charge in [0, 0.05) is 35.6 Å². The molecule has 0 unspecified atom stereocenters. The third kappa shape index (κ3) is 4.42. The highest BCUT2D eigenvalue weighted by atomic mass is 19.1. The molecule has 3 fully saturated rings. The lowest BCUT2D eigenvalue weighted by Gasteiger charge is -2.61. The number of Topliss-reactive ketones (excluding diaryl/α,β-unsaturated/α-hetero) is 1. The number of benzene rings is 1. The lowest BCUT2D eigenvalue weighted by atomic mass is 9.44. The van der Waals surface area contributed by atoms with Crippen molar-refractivity contribution in [3.05, 3.63) is 36.2 Å². The maximum Gasteiger partial charge on any atom is 0.477 e. The van der Waals surface area contributed by atoms with Gasteiger partial charge in [0.05, 0.1) is 12.3 Å². The Morgan fingerprint density at radius 2 is 2.00 bits per heavy atom. The average molecular weight is 582 g/mol. The molecule has 9 nitrogen and oxygen atoms in total. The summed E-state index contributed by atoms with van der Waals surface area (Å²) in [7, 11) is -1.64. The van der Waals surface area contributed by atoms with Gasteiger partial charge < -0.3 is 19.6 Å². The van der Waals surface area contributed by atoms with Crippen molar-refractivity contribution in [2.45, 2.75) is 78.9 Å². The molecule has 0 spiro atoms. The summed E-state index contributed by atoms with van der Waals surface area (Å²) in [4.78, 5) is 39.4. The van der Waals surface area contributed by atoms with Crippen molar-refractivity contribution in [3.63, 3.8) is 0 Å². The highest BCUT2D eigenvalue weighted by Gasteiger charge is 2.68. The number of halogens is 1. The highest BCUT2D eigenvalue weighted by molar-refractivity contribution is 6.67.